The number of hydrogen-bond donors (Lipinski definition) is 0. The zero-order valence-electron chi connectivity index (χ0n) is 52.5. The molecule has 7 aromatic carbocycles. The van der Waals surface area contributed by atoms with Crippen molar-refractivity contribution in [2.75, 3.05) is 105 Å². The Kier molecular flexibility index (Phi) is 22.9. The number of methoxy groups -OCH3 is 11. The molecule has 7 aromatic rings. The van der Waals surface area contributed by atoms with Crippen LogP contribution < -0.4 is 47.4 Å². The van der Waals surface area contributed by atoms with Gasteiger partial charge in [0.15, 0.2) is 26.4 Å². The highest BCUT2D eigenvalue weighted by Gasteiger charge is 2.36. The van der Waals surface area contributed by atoms with Crippen LogP contribution in [-0.2, 0) is 42.9 Å². The van der Waals surface area contributed by atoms with Crippen LogP contribution in [0.4, 0.5) is 0 Å². The van der Waals surface area contributed by atoms with Crippen LogP contribution in [0.2, 0.25) is 0 Å². The lowest BCUT2D eigenvalue weighted by atomic mass is 9.75. The monoisotopic (exact) mass is 1240 g/mol. The number of fused-ring (bicyclic) bond motifs is 6. The van der Waals surface area contributed by atoms with Crippen LogP contribution in [-0.4, -0.2) is 129 Å². The molecule has 0 spiro atoms. The fraction of sp³-hybridized carbons (Fsp3) is 0.278. The maximum absolute atomic E-state index is 13.3. The highest BCUT2D eigenvalue weighted by atomic mass is 16.6. The molecule has 91 heavy (non-hydrogen) atoms. The number of carbonyl (C=O) groups is 4. The van der Waals surface area contributed by atoms with Gasteiger partial charge in [-0.25, -0.2) is 19.2 Å². The second kappa shape index (κ2) is 31.4. The molecule has 8 rings (SSSR count). The third-order valence-corrected chi connectivity index (χ3v) is 15.6. The summed E-state index contributed by atoms with van der Waals surface area (Å²) >= 11 is 0. The van der Waals surface area contributed by atoms with E-state index in [1.807, 2.05) is 121 Å². The molecule has 0 aliphatic heterocycles. The second-order valence-electron chi connectivity index (χ2n) is 20.4. The lowest BCUT2D eigenvalue weighted by molar-refractivity contribution is -0.144. The summed E-state index contributed by atoms with van der Waals surface area (Å²) in [4.78, 5) is 53.0. The van der Waals surface area contributed by atoms with E-state index in [2.05, 4.69) is 5.92 Å². The van der Waals surface area contributed by atoms with Crippen molar-refractivity contribution in [2.45, 2.75) is 30.1 Å². The molecule has 0 amide bonds. The molecule has 0 saturated carbocycles. The molecule has 0 saturated heterocycles. The smallest absolute Gasteiger partial charge is 0.343 e. The first-order valence-corrected chi connectivity index (χ1v) is 28.6. The zero-order chi connectivity index (χ0) is 65.1. The molecule has 4 atom stereocenters. The maximum atomic E-state index is 13.3. The highest BCUT2D eigenvalue weighted by molar-refractivity contribution is 5.74. The van der Waals surface area contributed by atoms with Crippen LogP contribution in [0.3, 0.4) is 0 Å². The molecule has 0 N–H and O–H groups in total. The molecule has 1 aliphatic rings. The normalized spacial score (nSPS) is 15.8. The Morgan fingerprint density at radius 1 is 0.385 bits per heavy atom. The van der Waals surface area contributed by atoms with E-state index in [0.717, 1.165) is 5.56 Å². The van der Waals surface area contributed by atoms with Gasteiger partial charge in [0, 0.05) is 86.9 Å². The van der Waals surface area contributed by atoms with Crippen LogP contribution in [0.25, 0.3) is 0 Å². The first kappa shape index (κ1) is 66.2. The average molecular weight is 1240 g/mol. The minimum Gasteiger partial charge on any atom is -0.497 e. The molecule has 474 valence electrons. The Bertz CT molecular complexity index is 3790. The molecule has 0 aromatic heterocycles. The van der Waals surface area contributed by atoms with E-state index in [0.29, 0.717) is 84.4 Å². The van der Waals surface area contributed by atoms with Gasteiger partial charge < -0.3 is 71.1 Å². The zero-order valence-corrected chi connectivity index (χ0v) is 52.5. The van der Waals surface area contributed by atoms with E-state index in [9.17, 15) is 19.2 Å². The van der Waals surface area contributed by atoms with Crippen molar-refractivity contribution in [3.05, 3.63) is 213 Å². The number of hydrogen-bond acceptors (Lipinski definition) is 19. The molecule has 0 radical (unpaired) electrons. The molecular formula is C72H72O19. The Labute approximate surface area is 529 Å². The van der Waals surface area contributed by atoms with Gasteiger partial charge in [0.1, 0.15) is 63.3 Å². The summed E-state index contributed by atoms with van der Waals surface area (Å²) in [5, 5.41) is 0. The quantitative estimate of drug-likeness (QED) is 0.0239. The number of esters is 4. The van der Waals surface area contributed by atoms with Crippen LogP contribution in [0.1, 0.15) is 85.7 Å². The topological polar surface area (TPSA) is 207 Å². The second-order valence-corrected chi connectivity index (χ2v) is 20.4. The van der Waals surface area contributed by atoms with Crippen LogP contribution >= 0.6 is 0 Å². The van der Waals surface area contributed by atoms with Crippen LogP contribution in [0, 0.1) is 12.3 Å². The summed E-state index contributed by atoms with van der Waals surface area (Å²) < 4.78 is 89.1. The molecule has 6 bridgehead atoms. The van der Waals surface area contributed by atoms with Gasteiger partial charge in [-0.1, -0.05) is 60.5 Å². The van der Waals surface area contributed by atoms with Crippen molar-refractivity contribution in [3.8, 4) is 69.8 Å². The third kappa shape index (κ3) is 15.4. The van der Waals surface area contributed by atoms with Crippen molar-refractivity contribution in [1.29, 1.82) is 0 Å². The predicted molar refractivity (Wildman–Crippen MR) is 337 cm³/mol. The van der Waals surface area contributed by atoms with Gasteiger partial charge in [-0.05, 0) is 95.4 Å². The van der Waals surface area contributed by atoms with Crippen molar-refractivity contribution >= 4 is 23.9 Å². The van der Waals surface area contributed by atoms with Crippen molar-refractivity contribution in [1.82, 2.24) is 0 Å². The van der Waals surface area contributed by atoms with Gasteiger partial charge in [-0.2, -0.15) is 0 Å². The number of ether oxygens (including phenoxy) is 15. The SMILES string of the molecule is C#C/C=C(OCC(=O)OC)\C1=C/CC(c2ccc(OC)cc2)c2cc(c(OC)cc2OCC(=O)OC)C(c2ccc(OC)cc2)c2cc(c(OC)cc2OCC(=O)OC)C(c2ccc(OC)cc2)c2cc(c(OC)cc2OCC(=O)OC)C1c1ccc(OC)cc1. The van der Waals surface area contributed by atoms with Crippen LogP contribution in [0.5, 0.6) is 57.5 Å². The van der Waals surface area contributed by atoms with E-state index in [4.69, 9.17) is 77.5 Å². The van der Waals surface area contributed by atoms with Gasteiger partial charge >= 0.3 is 23.9 Å². The molecule has 19 nitrogen and oxygen atoms in total. The van der Waals surface area contributed by atoms with Crippen molar-refractivity contribution in [3.63, 3.8) is 0 Å². The van der Waals surface area contributed by atoms with E-state index in [-0.39, 0.29) is 40.9 Å². The summed E-state index contributed by atoms with van der Waals surface area (Å²) in [6, 6.07) is 40.8. The summed E-state index contributed by atoms with van der Waals surface area (Å²) in [5.41, 5.74) is 6.35. The number of allylic oxidation sites excluding steroid dienone is 3. The van der Waals surface area contributed by atoms with Crippen molar-refractivity contribution in [2.24, 2.45) is 0 Å². The van der Waals surface area contributed by atoms with Gasteiger partial charge in [0.05, 0.1) is 78.2 Å². The summed E-state index contributed by atoms with van der Waals surface area (Å²) in [6.45, 7) is -2.09. The Morgan fingerprint density at radius 2 is 0.692 bits per heavy atom. The van der Waals surface area contributed by atoms with E-state index < -0.39 is 74.0 Å². The first-order chi connectivity index (χ1) is 44.2. The van der Waals surface area contributed by atoms with Gasteiger partial charge in [0.25, 0.3) is 0 Å². The Morgan fingerprint density at radius 3 is 1.03 bits per heavy atom. The van der Waals surface area contributed by atoms with E-state index >= 15 is 0 Å². The number of rotatable bonds is 24. The fourth-order valence-electron chi connectivity index (χ4n) is 11.0. The number of benzene rings is 7. The predicted octanol–water partition coefficient (Wildman–Crippen LogP) is 11.1. The molecule has 4 unspecified atom stereocenters. The van der Waals surface area contributed by atoms with Gasteiger partial charge in [-0.15, -0.1) is 6.42 Å². The highest BCUT2D eigenvalue weighted by Crippen LogP contribution is 2.53. The average Bonchev–Trinajstić information content (AvgIpc) is 0.852. The Balaban J connectivity index is 1.68. The number of terminal acetylenes is 1. The standard InChI is InChI=1S/C72H72O19/c1-13-14-59(88-39-66(73)84-9)52-32-31-51(43-15-23-47(77-2)24-16-43)53-33-54(60(81-6)36-63(53)89-40-67(74)85-10)71(45-19-27-49(79-4)28-20-45)58-35-56(62(83-8)38-65(58)91-42-69(76)87-12)72(46-21-29-50(80-5)30-22-46)57-34-55(70(52)44-17-25-48(78-3)26-18-44)61(82-7)37-64(57)90-41-68(75)86-11/h1,14-30,32-38,51,70-72H,31,39-42H2,2-12H3/b52-32+,59-14+. The van der Waals surface area contributed by atoms with Crippen LogP contribution in [0.15, 0.2) is 157 Å². The molecule has 1 aliphatic carbocycles. The third-order valence-electron chi connectivity index (χ3n) is 15.6. The van der Waals surface area contributed by atoms with Crippen molar-refractivity contribution < 1.29 is 90.2 Å². The largest absolute Gasteiger partial charge is 0.497 e. The fourth-order valence-corrected chi connectivity index (χ4v) is 11.0. The minimum absolute atomic E-state index is 0.107. The van der Waals surface area contributed by atoms with E-state index in [1.165, 1.54) is 55.8 Å². The maximum Gasteiger partial charge on any atom is 0.343 e. The van der Waals surface area contributed by atoms with Gasteiger partial charge in [-0.3, -0.25) is 0 Å². The van der Waals surface area contributed by atoms with E-state index in [1.54, 1.807) is 46.6 Å². The Hall–Kier alpha value is -10.7. The first-order valence-electron chi connectivity index (χ1n) is 28.6. The lowest BCUT2D eigenvalue weighted by Gasteiger charge is -2.32. The molecule has 19 heteroatoms. The molecule has 0 heterocycles. The minimum atomic E-state index is -0.931. The molecular weight excluding hydrogens is 1170 g/mol. The summed E-state index contributed by atoms with van der Waals surface area (Å²) in [5.74, 6) is 0.424. The summed E-state index contributed by atoms with van der Waals surface area (Å²) in [6.07, 6.45) is 9.76. The number of carbonyl (C=O) groups excluding carboxylic acids is 4. The van der Waals surface area contributed by atoms with Gasteiger partial charge in [0.2, 0.25) is 0 Å². The lowest BCUT2D eigenvalue weighted by Crippen LogP contribution is -2.19. The summed E-state index contributed by atoms with van der Waals surface area (Å²) in [7, 11) is 15.9. The molecule has 0 fully saturated rings.